The van der Waals surface area contributed by atoms with Crippen molar-refractivity contribution < 1.29 is 4.74 Å². The highest BCUT2D eigenvalue weighted by Gasteiger charge is 2.06. The second-order valence-electron chi connectivity index (χ2n) is 3.40. The zero-order valence-corrected chi connectivity index (χ0v) is 11.3. The van der Waals surface area contributed by atoms with Gasteiger partial charge in [-0.05, 0) is 24.6 Å². The van der Waals surface area contributed by atoms with Gasteiger partial charge in [0.25, 0.3) is 0 Å². The predicted molar refractivity (Wildman–Crippen MR) is 70.4 cm³/mol. The fourth-order valence-electron chi connectivity index (χ4n) is 1.26. The molecule has 0 unspecified atom stereocenters. The number of halogens is 2. The molecule has 0 aliphatic carbocycles. The normalized spacial score (nSPS) is 10.3. The van der Waals surface area contributed by atoms with Crippen LogP contribution in [0.25, 0.3) is 0 Å². The largest absolute Gasteiger partial charge is 0.438 e. The van der Waals surface area contributed by atoms with Gasteiger partial charge in [-0.2, -0.15) is 4.98 Å². The van der Waals surface area contributed by atoms with E-state index in [1.165, 1.54) is 6.07 Å². The van der Waals surface area contributed by atoms with Gasteiger partial charge in [0, 0.05) is 10.5 Å². The molecule has 0 radical (unpaired) electrons. The Hall–Kier alpha value is -1.33. The van der Waals surface area contributed by atoms with Gasteiger partial charge in [0.1, 0.15) is 10.9 Å². The molecule has 0 spiro atoms. The van der Waals surface area contributed by atoms with Crippen molar-refractivity contribution in [1.29, 1.82) is 0 Å². The number of rotatable bonds is 2. The van der Waals surface area contributed by atoms with Gasteiger partial charge in [-0.3, -0.25) is 0 Å². The molecule has 6 heteroatoms. The van der Waals surface area contributed by atoms with Crippen LogP contribution >= 0.6 is 27.5 Å². The zero-order chi connectivity index (χ0) is 12.4. The molecule has 1 heterocycles. The lowest BCUT2D eigenvalue weighted by Gasteiger charge is -2.08. The molecule has 0 bridgehead atoms. The Kier molecular flexibility index (Phi) is 3.49. The molecular weight excluding hydrogens is 305 g/mol. The maximum Gasteiger partial charge on any atom is 0.225 e. The molecule has 17 heavy (non-hydrogen) atoms. The van der Waals surface area contributed by atoms with Crippen molar-refractivity contribution in [3.63, 3.8) is 0 Å². The predicted octanol–water partition coefficient (Wildman–Crippen LogP) is 3.58. The van der Waals surface area contributed by atoms with Gasteiger partial charge in [-0.15, -0.1) is 0 Å². The van der Waals surface area contributed by atoms with Crippen molar-refractivity contribution in [1.82, 2.24) is 9.97 Å². The lowest BCUT2D eigenvalue weighted by atomic mass is 10.2. The van der Waals surface area contributed by atoms with Crippen LogP contribution in [0.1, 0.15) is 5.56 Å². The minimum absolute atomic E-state index is 0.0835. The lowest BCUT2D eigenvalue weighted by Crippen LogP contribution is -1.97. The van der Waals surface area contributed by atoms with Crippen LogP contribution in [0.4, 0.5) is 5.95 Å². The number of aryl methyl sites for hydroxylation is 1. The maximum absolute atomic E-state index is 5.77. The Morgan fingerprint density at radius 3 is 2.76 bits per heavy atom. The number of nitrogens with two attached hydrogens (primary N) is 1. The Morgan fingerprint density at radius 1 is 1.29 bits per heavy atom. The first-order valence-electron chi connectivity index (χ1n) is 4.78. The summed E-state index contributed by atoms with van der Waals surface area (Å²) in [6.45, 7) is 1.94. The van der Waals surface area contributed by atoms with Crippen molar-refractivity contribution in [3.05, 3.63) is 39.5 Å². The second kappa shape index (κ2) is 4.89. The molecule has 2 aromatic rings. The second-order valence-corrected chi connectivity index (χ2v) is 4.70. The van der Waals surface area contributed by atoms with E-state index in [0.29, 0.717) is 11.6 Å². The van der Waals surface area contributed by atoms with Crippen molar-refractivity contribution in [2.24, 2.45) is 0 Å². The van der Waals surface area contributed by atoms with E-state index < -0.39 is 0 Å². The summed E-state index contributed by atoms with van der Waals surface area (Å²) in [6, 6.07) is 7.23. The van der Waals surface area contributed by atoms with E-state index in [4.69, 9.17) is 22.1 Å². The summed E-state index contributed by atoms with van der Waals surface area (Å²) in [6.07, 6.45) is 0. The average molecular weight is 315 g/mol. The summed E-state index contributed by atoms with van der Waals surface area (Å²) in [5, 5.41) is 0.250. The maximum atomic E-state index is 5.77. The quantitative estimate of drug-likeness (QED) is 0.861. The number of hydrogen-bond acceptors (Lipinski definition) is 4. The molecule has 0 fully saturated rings. The number of nitrogen functional groups attached to an aromatic ring is 1. The van der Waals surface area contributed by atoms with Crippen LogP contribution in [0.3, 0.4) is 0 Å². The van der Waals surface area contributed by atoms with E-state index >= 15 is 0 Å². The van der Waals surface area contributed by atoms with Gasteiger partial charge in [-0.25, -0.2) is 4.98 Å². The van der Waals surface area contributed by atoms with Crippen LogP contribution < -0.4 is 10.5 Å². The van der Waals surface area contributed by atoms with Gasteiger partial charge in [0.15, 0.2) is 0 Å². The van der Waals surface area contributed by atoms with E-state index in [0.717, 1.165) is 10.0 Å². The molecule has 0 aliphatic rings. The molecule has 0 saturated carbocycles. The molecule has 0 amide bonds. The molecule has 2 N–H and O–H groups in total. The van der Waals surface area contributed by atoms with Gasteiger partial charge >= 0.3 is 0 Å². The van der Waals surface area contributed by atoms with E-state index in [1.54, 1.807) is 0 Å². The third-order valence-corrected chi connectivity index (χ3v) is 2.74. The van der Waals surface area contributed by atoms with E-state index in [1.807, 2.05) is 25.1 Å². The van der Waals surface area contributed by atoms with Gasteiger partial charge in [-0.1, -0.05) is 33.6 Å². The zero-order valence-electron chi connectivity index (χ0n) is 8.95. The molecule has 0 saturated heterocycles. The van der Waals surface area contributed by atoms with Crippen LogP contribution in [-0.4, -0.2) is 9.97 Å². The van der Waals surface area contributed by atoms with E-state index in [2.05, 4.69) is 25.9 Å². The Bertz CT molecular complexity index is 542. The third kappa shape index (κ3) is 3.08. The van der Waals surface area contributed by atoms with Crippen molar-refractivity contribution in [2.75, 3.05) is 5.73 Å². The summed E-state index contributed by atoms with van der Waals surface area (Å²) in [5.41, 5.74) is 6.47. The van der Waals surface area contributed by atoms with Crippen LogP contribution in [0.15, 0.2) is 28.7 Å². The molecule has 1 aromatic carbocycles. The fourth-order valence-corrected chi connectivity index (χ4v) is 1.78. The van der Waals surface area contributed by atoms with Crippen LogP contribution in [0.5, 0.6) is 11.6 Å². The van der Waals surface area contributed by atoms with Crippen LogP contribution in [-0.2, 0) is 0 Å². The average Bonchev–Trinajstić information content (AvgIpc) is 2.22. The molecule has 88 valence electrons. The first-order valence-corrected chi connectivity index (χ1v) is 5.96. The smallest absolute Gasteiger partial charge is 0.225 e. The number of ether oxygens (including phenoxy) is 1. The van der Waals surface area contributed by atoms with Gasteiger partial charge in [0.05, 0.1) is 0 Å². The molecule has 1 aromatic heterocycles. The highest BCUT2D eigenvalue weighted by Crippen LogP contribution is 2.28. The fraction of sp³-hybridized carbons (Fsp3) is 0.0909. The Labute approximate surface area is 112 Å². The number of anilines is 1. The van der Waals surface area contributed by atoms with Gasteiger partial charge < -0.3 is 10.5 Å². The van der Waals surface area contributed by atoms with Crippen molar-refractivity contribution in [3.8, 4) is 11.6 Å². The first-order chi connectivity index (χ1) is 8.04. The van der Waals surface area contributed by atoms with E-state index in [-0.39, 0.29) is 11.1 Å². The number of nitrogens with zero attached hydrogens (tertiary/aromatic N) is 2. The highest BCUT2D eigenvalue weighted by molar-refractivity contribution is 9.10. The summed E-state index contributed by atoms with van der Waals surface area (Å²) >= 11 is 9.14. The number of aromatic nitrogens is 2. The summed E-state index contributed by atoms with van der Waals surface area (Å²) in [5.74, 6) is 1.09. The summed E-state index contributed by atoms with van der Waals surface area (Å²) in [7, 11) is 0. The Balaban J connectivity index is 2.34. The number of benzene rings is 1. The number of hydrogen-bond donors (Lipinski definition) is 1. The standard InChI is InChI=1S/C11H9BrClN3O/c1-6-2-3-7(12)4-8(6)17-10-5-9(13)15-11(14)16-10/h2-5H,1H3,(H2,14,15,16). The monoisotopic (exact) mass is 313 g/mol. The SMILES string of the molecule is Cc1ccc(Br)cc1Oc1cc(Cl)nc(N)n1. The van der Waals surface area contributed by atoms with Crippen molar-refractivity contribution in [2.45, 2.75) is 6.92 Å². The lowest BCUT2D eigenvalue weighted by molar-refractivity contribution is 0.459. The molecule has 4 nitrogen and oxygen atoms in total. The van der Waals surface area contributed by atoms with E-state index in [9.17, 15) is 0 Å². The van der Waals surface area contributed by atoms with Gasteiger partial charge in [0.2, 0.25) is 11.8 Å². The highest BCUT2D eigenvalue weighted by atomic mass is 79.9. The Morgan fingerprint density at radius 2 is 2.06 bits per heavy atom. The topological polar surface area (TPSA) is 61.0 Å². The summed E-state index contributed by atoms with van der Waals surface area (Å²) < 4.78 is 6.53. The van der Waals surface area contributed by atoms with Crippen molar-refractivity contribution >= 4 is 33.5 Å². The summed E-state index contributed by atoms with van der Waals surface area (Å²) in [4.78, 5) is 7.70. The minimum Gasteiger partial charge on any atom is -0.438 e. The van der Waals surface area contributed by atoms with Crippen LogP contribution in [0.2, 0.25) is 5.15 Å². The first kappa shape index (κ1) is 12.1. The molecular formula is C11H9BrClN3O. The minimum atomic E-state index is 0.0835. The molecule has 0 atom stereocenters. The third-order valence-electron chi connectivity index (χ3n) is 2.05. The van der Waals surface area contributed by atoms with Crippen LogP contribution in [0, 0.1) is 6.92 Å². The molecule has 2 rings (SSSR count). The molecule has 0 aliphatic heterocycles.